The summed E-state index contributed by atoms with van der Waals surface area (Å²) in [5.41, 5.74) is 3.41. The Kier molecular flexibility index (Phi) is 5.59. The standard InChI is InChI=1S/C13H20N4O2/c1-10-6-5-8-14-13(10)17(11(2)18)15-12(19)7-9-16(3)4/h5-6,8H,7,9H2,1-4H3,(H,15,19)/q+1. The minimum Gasteiger partial charge on any atom is -0.309 e. The van der Waals surface area contributed by atoms with Crippen LogP contribution in [-0.4, -0.2) is 42.3 Å². The first-order valence-corrected chi connectivity index (χ1v) is 6.08. The highest BCUT2D eigenvalue weighted by Gasteiger charge is 2.31. The fourth-order valence-electron chi connectivity index (χ4n) is 1.50. The summed E-state index contributed by atoms with van der Waals surface area (Å²) in [6, 6.07) is 3.62. The summed E-state index contributed by atoms with van der Waals surface area (Å²) >= 11 is 0. The van der Waals surface area contributed by atoms with Crippen LogP contribution in [0.25, 0.3) is 0 Å². The molecule has 0 fully saturated rings. The highest BCUT2D eigenvalue weighted by atomic mass is 16.2. The molecule has 6 nitrogen and oxygen atoms in total. The number of rotatable bonds is 4. The quantitative estimate of drug-likeness (QED) is 0.642. The van der Waals surface area contributed by atoms with Crippen LogP contribution in [0.4, 0.5) is 5.82 Å². The van der Waals surface area contributed by atoms with Gasteiger partial charge in [-0.1, -0.05) is 0 Å². The van der Waals surface area contributed by atoms with Crippen molar-refractivity contribution in [1.82, 2.24) is 20.3 Å². The predicted molar refractivity (Wildman–Crippen MR) is 72.8 cm³/mol. The maximum absolute atomic E-state index is 11.8. The van der Waals surface area contributed by atoms with Crippen LogP contribution in [0.3, 0.4) is 0 Å². The molecule has 0 aliphatic rings. The van der Waals surface area contributed by atoms with E-state index < -0.39 is 0 Å². The predicted octanol–water partition coefficient (Wildman–Crippen LogP) is 0.691. The molecule has 103 valence electrons. The summed E-state index contributed by atoms with van der Waals surface area (Å²) < 4.78 is 0. The molecule has 0 bridgehead atoms. The normalized spacial score (nSPS) is 10.8. The number of hydrogen-bond donors (Lipinski definition) is 1. The molecule has 0 aliphatic carbocycles. The Morgan fingerprint density at radius 1 is 1.42 bits per heavy atom. The first-order valence-electron chi connectivity index (χ1n) is 6.08. The number of aromatic nitrogens is 1. The van der Waals surface area contributed by atoms with Crippen molar-refractivity contribution in [1.29, 1.82) is 0 Å². The first-order chi connectivity index (χ1) is 8.91. The van der Waals surface area contributed by atoms with Crippen LogP contribution in [0.1, 0.15) is 18.9 Å². The average Bonchev–Trinajstić information content (AvgIpc) is 2.34. The molecular weight excluding hydrogens is 244 g/mol. The van der Waals surface area contributed by atoms with E-state index >= 15 is 0 Å². The summed E-state index contributed by atoms with van der Waals surface area (Å²) in [5.74, 6) is -0.0397. The van der Waals surface area contributed by atoms with Gasteiger partial charge in [0.1, 0.15) is 0 Å². The summed E-state index contributed by atoms with van der Waals surface area (Å²) in [6.07, 6.45) is 1.91. The van der Waals surface area contributed by atoms with Gasteiger partial charge in [0.05, 0.1) is 11.9 Å². The smallest absolute Gasteiger partial charge is 0.309 e. The fourth-order valence-corrected chi connectivity index (χ4v) is 1.50. The molecule has 1 rings (SSSR count). The zero-order valence-electron chi connectivity index (χ0n) is 11.8. The molecule has 0 spiro atoms. The molecule has 2 amide bonds. The van der Waals surface area contributed by atoms with Gasteiger partial charge in [0.2, 0.25) is 0 Å². The van der Waals surface area contributed by atoms with Gasteiger partial charge in [-0.25, -0.2) is 4.79 Å². The number of aryl methyl sites for hydroxylation is 1. The number of nitrogens with zero attached hydrogens (tertiary/aromatic N) is 3. The Labute approximate surface area is 113 Å². The summed E-state index contributed by atoms with van der Waals surface area (Å²) in [5, 5.41) is 1.19. The Bertz CT molecular complexity index is 460. The molecule has 0 atom stereocenters. The third-order valence-corrected chi connectivity index (χ3v) is 2.53. The molecule has 1 heterocycles. The van der Waals surface area contributed by atoms with Crippen molar-refractivity contribution in [2.75, 3.05) is 20.6 Å². The molecule has 0 unspecified atom stereocenters. The Morgan fingerprint density at radius 3 is 2.63 bits per heavy atom. The van der Waals surface area contributed by atoms with Gasteiger partial charge in [-0.2, -0.15) is 4.98 Å². The molecule has 1 radical (unpaired) electrons. The second-order valence-corrected chi connectivity index (χ2v) is 4.59. The van der Waals surface area contributed by atoms with Gasteiger partial charge in [-0.3, -0.25) is 4.79 Å². The van der Waals surface area contributed by atoms with Gasteiger partial charge in [0, 0.05) is 24.7 Å². The third-order valence-electron chi connectivity index (χ3n) is 2.53. The molecule has 1 aromatic rings. The number of nitrogens with one attached hydrogen (secondary N) is 1. The van der Waals surface area contributed by atoms with Gasteiger partial charge in [0.25, 0.3) is 5.91 Å². The van der Waals surface area contributed by atoms with Gasteiger partial charge in [-0.15, -0.1) is 5.43 Å². The number of hydrogen-bond acceptors (Lipinski definition) is 4. The monoisotopic (exact) mass is 264 g/mol. The van der Waals surface area contributed by atoms with E-state index in [0.29, 0.717) is 18.8 Å². The Hall–Kier alpha value is -1.79. The number of carbonyl (C=O) groups excluding carboxylic acids is 2. The van der Waals surface area contributed by atoms with Gasteiger partial charge >= 0.3 is 11.7 Å². The maximum Gasteiger partial charge on any atom is 0.393 e. The molecule has 0 aromatic carbocycles. The van der Waals surface area contributed by atoms with Crippen molar-refractivity contribution < 1.29 is 9.59 Å². The summed E-state index contributed by atoms with van der Waals surface area (Å²) in [4.78, 5) is 29.5. The minimum absolute atomic E-state index is 0.214. The van der Waals surface area contributed by atoms with Gasteiger partial charge in [0.15, 0.2) is 0 Å². The van der Waals surface area contributed by atoms with Crippen molar-refractivity contribution in [3.05, 3.63) is 23.9 Å². The SMILES string of the molecule is CC(=O)[N+](NC(=O)CCN(C)C)c1ncccc1C. The fraction of sp³-hybridized carbons (Fsp3) is 0.462. The lowest BCUT2D eigenvalue weighted by Gasteiger charge is -2.10. The summed E-state index contributed by atoms with van der Waals surface area (Å²) in [6.45, 7) is 3.85. The average molecular weight is 264 g/mol. The number of carbonyl (C=O) groups is 2. The molecule has 19 heavy (non-hydrogen) atoms. The van der Waals surface area contributed by atoms with Crippen molar-refractivity contribution in [2.45, 2.75) is 20.3 Å². The lowest BCUT2D eigenvalue weighted by atomic mass is 10.3. The molecule has 0 saturated heterocycles. The lowest BCUT2D eigenvalue weighted by molar-refractivity contribution is -0.131. The van der Waals surface area contributed by atoms with Crippen molar-refractivity contribution in [3.63, 3.8) is 0 Å². The largest absolute Gasteiger partial charge is 0.393 e. The molecule has 0 saturated carbocycles. The molecule has 1 N–H and O–H groups in total. The summed E-state index contributed by atoms with van der Waals surface area (Å²) in [7, 11) is 3.78. The zero-order chi connectivity index (χ0) is 14.4. The van der Waals surface area contributed by atoms with E-state index in [0.717, 1.165) is 5.56 Å². The second-order valence-electron chi connectivity index (χ2n) is 4.59. The van der Waals surface area contributed by atoms with E-state index in [2.05, 4.69) is 10.4 Å². The molecule has 1 aromatic heterocycles. The lowest BCUT2D eigenvalue weighted by Crippen LogP contribution is -2.47. The zero-order valence-corrected chi connectivity index (χ0v) is 11.8. The van der Waals surface area contributed by atoms with Crippen molar-refractivity contribution in [3.8, 4) is 0 Å². The van der Waals surface area contributed by atoms with Crippen LogP contribution >= 0.6 is 0 Å². The molecule has 6 heteroatoms. The van der Waals surface area contributed by atoms with E-state index in [1.165, 1.54) is 11.9 Å². The topological polar surface area (TPSA) is 68.2 Å². The highest BCUT2D eigenvalue weighted by Crippen LogP contribution is 2.13. The second kappa shape index (κ2) is 6.96. The van der Waals surface area contributed by atoms with Crippen LogP contribution in [-0.2, 0) is 9.59 Å². The Morgan fingerprint density at radius 2 is 2.11 bits per heavy atom. The third kappa shape index (κ3) is 4.76. The number of pyridine rings is 1. The highest BCUT2D eigenvalue weighted by molar-refractivity contribution is 5.86. The van der Waals surface area contributed by atoms with Crippen LogP contribution in [0.2, 0.25) is 0 Å². The number of anilines is 1. The van der Waals surface area contributed by atoms with Crippen LogP contribution < -0.4 is 10.4 Å². The number of amides is 2. The van der Waals surface area contributed by atoms with Crippen LogP contribution in [0.15, 0.2) is 18.3 Å². The van der Waals surface area contributed by atoms with E-state index in [-0.39, 0.29) is 11.8 Å². The van der Waals surface area contributed by atoms with E-state index in [9.17, 15) is 9.59 Å². The molecule has 0 aliphatic heterocycles. The van der Waals surface area contributed by atoms with Crippen LogP contribution in [0, 0.1) is 6.92 Å². The minimum atomic E-state index is -0.278. The van der Waals surface area contributed by atoms with E-state index in [1.54, 1.807) is 12.3 Å². The van der Waals surface area contributed by atoms with Gasteiger partial charge in [-0.05, 0) is 33.2 Å². The number of hydrazine groups is 1. The van der Waals surface area contributed by atoms with Crippen LogP contribution in [0.5, 0.6) is 0 Å². The molecular formula is C13H20N4O2+. The Balaban J connectivity index is 2.77. The van der Waals surface area contributed by atoms with E-state index in [1.807, 2.05) is 32.0 Å². The van der Waals surface area contributed by atoms with Gasteiger partial charge < -0.3 is 4.90 Å². The maximum atomic E-state index is 11.8. The first kappa shape index (κ1) is 15.3. The van der Waals surface area contributed by atoms with Crippen molar-refractivity contribution in [2.24, 2.45) is 0 Å². The van der Waals surface area contributed by atoms with Crippen molar-refractivity contribution >= 4 is 17.6 Å². The van der Waals surface area contributed by atoms with E-state index in [4.69, 9.17) is 0 Å².